The van der Waals surface area contributed by atoms with E-state index in [4.69, 9.17) is 9.47 Å². The standard InChI is InChI=1S/C22H28N2O4/c1-23(2)13-15-27-21(25)19-9-5-17(6-10-19)18-7-11-20(12-8-18)22(26)28-16-14-24(3)4/h5-12H,13-16H2,1-4H3. The second-order valence-electron chi connectivity index (χ2n) is 7.03. The molecule has 2 rings (SSSR count). The first kappa shape index (κ1) is 21.6. The fraction of sp³-hybridized carbons (Fsp3) is 0.364. The van der Waals surface area contributed by atoms with Gasteiger partial charge in [0.2, 0.25) is 0 Å². The van der Waals surface area contributed by atoms with Gasteiger partial charge in [0.05, 0.1) is 11.1 Å². The molecule has 0 radical (unpaired) electrons. The molecule has 150 valence electrons. The van der Waals surface area contributed by atoms with Crippen LogP contribution in [0.25, 0.3) is 11.1 Å². The summed E-state index contributed by atoms with van der Waals surface area (Å²) >= 11 is 0. The molecule has 0 aliphatic rings. The number of likely N-dealkylation sites (N-methyl/N-ethyl adjacent to an activating group) is 2. The third kappa shape index (κ3) is 6.79. The Kier molecular flexibility index (Phi) is 8.17. The lowest BCUT2D eigenvalue weighted by molar-refractivity contribution is 0.0472. The van der Waals surface area contributed by atoms with Crippen LogP contribution in [-0.4, -0.2) is 76.2 Å². The normalized spacial score (nSPS) is 10.9. The van der Waals surface area contributed by atoms with Crippen molar-refractivity contribution >= 4 is 11.9 Å². The molecule has 0 atom stereocenters. The molecule has 0 aliphatic carbocycles. The molecule has 0 amide bonds. The average molecular weight is 384 g/mol. The van der Waals surface area contributed by atoms with Gasteiger partial charge in [-0.3, -0.25) is 0 Å². The lowest BCUT2D eigenvalue weighted by Crippen LogP contribution is -2.20. The predicted octanol–water partition coefficient (Wildman–Crippen LogP) is 2.79. The molecule has 6 heteroatoms. The van der Waals surface area contributed by atoms with Gasteiger partial charge in [-0.2, -0.15) is 0 Å². The maximum Gasteiger partial charge on any atom is 0.338 e. The smallest absolute Gasteiger partial charge is 0.338 e. The number of esters is 2. The molecule has 2 aromatic carbocycles. The van der Waals surface area contributed by atoms with Gasteiger partial charge in [-0.25, -0.2) is 9.59 Å². The van der Waals surface area contributed by atoms with E-state index in [1.54, 1.807) is 24.3 Å². The minimum atomic E-state index is -0.329. The van der Waals surface area contributed by atoms with Gasteiger partial charge >= 0.3 is 11.9 Å². The van der Waals surface area contributed by atoms with Crippen molar-refractivity contribution in [2.75, 3.05) is 54.5 Å². The number of ether oxygens (including phenoxy) is 2. The van der Waals surface area contributed by atoms with E-state index < -0.39 is 0 Å². The van der Waals surface area contributed by atoms with Gasteiger partial charge < -0.3 is 19.3 Å². The fourth-order valence-electron chi connectivity index (χ4n) is 2.41. The fourth-order valence-corrected chi connectivity index (χ4v) is 2.41. The van der Waals surface area contributed by atoms with Crippen molar-refractivity contribution in [3.8, 4) is 11.1 Å². The summed E-state index contributed by atoms with van der Waals surface area (Å²) in [5, 5.41) is 0. The van der Waals surface area contributed by atoms with Crippen molar-refractivity contribution in [1.29, 1.82) is 0 Å². The Morgan fingerprint density at radius 2 is 0.964 bits per heavy atom. The average Bonchev–Trinajstić information content (AvgIpc) is 2.67. The zero-order valence-electron chi connectivity index (χ0n) is 17.0. The van der Waals surface area contributed by atoms with Crippen LogP contribution in [0.2, 0.25) is 0 Å². The van der Waals surface area contributed by atoms with E-state index in [0.717, 1.165) is 11.1 Å². The largest absolute Gasteiger partial charge is 0.461 e. The van der Waals surface area contributed by atoms with Gasteiger partial charge in [-0.1, -0.05) is 24.3 Å². The molecular weight excluding hydrogens is 356 g/mol. The molecule has 0 heterocycles. The molecule has 0 fully saturated rings. The number of carbonyl (C=O) groups is 2. The Hall–Kier alpha value is -2.70. The lowest BCUT2D eigenvalue weighted by atomic mass is 10.0. The van der Waals surface area contributed by atoms with E-state index in [2.05, 4.69) is 0 Å². The van der Waals surface area contributed by atoms with Gasteiger partial charge in [-0.05, 0) is 63.6 Å². The zero-order chi connectivity index (χ0) is 20.5. The monoisotopic (exact) mass is 384 g/mol. The highest BCUT2D eigenvalue weighted by molar-refractivity contribution is 5.91. The van der Waals surface area contributed by atoms with Crippen molar-refractivity contribution in [3.05, 3.63) is 59.7 Å². The van der Waals surface area contributed by atoms with Gasteiger partial charge in [-0.15, -0.1) is 0 Å². The second kappa shape index (κ2) is 10.6. The molecule has 0 aromatic heterocycles. The number of hydrogen-bond donors (Lipinski definition) is 0. The number of hydrogen-bond acceptors (Lipinski definition) is 6. The summed E-state index contributed by atoms with van der Waals surface area (Å²) in [6.45, 7) is 2.10. The summed E-state index contributed by atoms with van der Waals surface area (Å²) in [7, 11) is 7.71. The van der Waals surface area contributed by atoms with Crippen molar-refractivity contribution in [3.63, 3.8) is 0 Å². The summed E-state index contributed by atoms with van der Waals surface area (Å²) in [4.78, 5) is 28.0. The molecular formula is C22H28N2O4. The first-order valence-corrected chi connectivity index (χ1v) is 9.21. The molecule has 0 saturated heterocycles. The number of carbonyl (C=O) groups excluding carboxylic acids is 2. The summed E-state index contributed by atoms with van der Waals surface area (Å²) in [6.07, 6.45) is 0. The SMILES string of the molecule is CN(C)CCOC(=O)c1ccc(-c2ccc(C(=O)OCCN(C)C)cc2)cc1. The molecule has 28 heavy (non-hydrogen) atoms. The highest BCUT2D eigenvalue weighted by atomic mass is 16.5. The van der Waals surface area contributed by atoms with Gasteiger partial charge in [0, 0.05) is 13.1 Å². The maximum atomic E-state index is 12.0. The minimum absolute atomic E-state index is 0.329. The highest BCUT2D eigenvalue weighted by Gasteiger charge is 2.10. The van der Waals surface area contributed by atoms with Crippen molar-refractivity contribution in [2.24, 2.45) is 0 Å². The number of benzene rings is 2. The van der Waals surface area contributed by atoms with Gasteiger partial charge in [0.15, 0.2) is 0 Å². The van der Waals surface area contributed by atoms with Crippen LogP contribution in [0, 0.1) is 0 Å². The van der Waals surface area contributed by atoms with Gasteiger partial charge in [0.1, 0.15) is 13.2 Å². The molecule has 6 nitrogen and oxygen atoms in total. The lowest BCUT2D eigenvalue weighted by Gasteiger charge is -2.11. The first-order chi connectivity index (χ1) is 13.4. The van der Waals surface area contributed by atoms with E-state index in [0.29, 0.717) is 37.4 Å². The van der Waals surface area contributed by atoms with E-state index >= 15 is 0 Å². The number of rotatable bonds is 9. The van der Waals surface area contributed by atoms with Crippen LogP contribution in [0.3, 0.4) is 0 Å². The molecule has 0 spiro atoms. The number of nitrogens with zero attached hydrogens (tertiary/aromatic N) is 2. The quantitative estimate of drug-likeness (QED) is 0.620. The zero-order valence-corrected chi connectivity index (χ0v) is 17.0. The predicted molar refractivity (Wildman–Crippen MR) is 110 cm³/mol. The van der Waals surface area contributed by atoms with Crippen LogP contribution in [-0.2, 0) is 9.47 Å². The van der Waals surface area contributed by atoms with Crippen LogP contribution >= 0.6 is 0 Å². The van der Waals surface area contributed by atoms with Crippen LogP contribution in [0.4, 0.5) is 0 Å². The summed E-state index contributed by atoms with van der Waals surface area (Å²) in [5.74, 6) is -0.659. The van der Waals surface area contributed by atoms with Crippen LogP contribution < -0.4 is 0 Å². The Morgan fingerprint density at radius 3 is 1.25 bits per heavy atom. The molecule has 2 aromatic rings. The van der Waals surface area contributed by atoms with Crippen molar-refractivity contribution < 1.29 is 19.1 Å². The van der Waals surface area contributed by atoms with E-state index in [1.165, 1.54) is 0 Å². The summed E-state index contributed by atoms with van der Waals surface area (Å²) in [6, 6.07) is 14.5. The van der Waals surface area contributed by atoms with Crippen molar-refractivity contribution in [2.45, 2.75) is 0 Å². The molecule has 0 N–H and O–H groups in total. The third-order valence-electron chi connectivity index (χ3n) is 4.12. The van der Waals surface area contributed by atoms with E-state index in [1.807, 2.05) is 62.3 Å². The highest BCUT2D eigenvalue weighted by Crippen LogP contribution is 2.21. The summed E-state index contributed by atoms with van der Waals surface area (Å²) < 4.78 is 10.5. The maximum absolute atomic E-state index is 12.0. The second-order valence-corrected chi connectivity index (χ2v) is 7.03. The molecule has 0 bridgehead atoms. The molecule has 0 aliphatic heterocycles. The van der Waals surface area contributed by atoms with E-state index in [-0.39, 0.29) is 11.9 Å². The Bertz CT molecular complexity index is 701. The van der Waals surface area contributed by atoms with Crippen molar-refractivity contribution in [1.82, 2.24) is 9.80 Å². The molecule has 0 unspecified atom stereocenters. The minimum Gasteiger partial charge on any atom is -0.461 e. The van der Waals surface area contributed by atoms with Crippen LogP contribution in [0.15, 0.2) is 48.5 Å². The Balaban J connectivity index is 1.94. The van der Waals surface area contributed by atoms with Crippen LogP contribution in [0.1, 0.15) is 20.7 Å². The van der Waals surface area contributed by atoms with E-state index in [9.17, 15) is 9.59 Å². The Morgan fingerprint density at radius 1 is 0.643 bits per heavy atom. The topological polar surface area (TPSA) is 59.1 Å². The third-order valence-corrected chi connectivity index (χ3v) is 4.12. The molecule has 0 saturated carbocycles. The first-order valence-electron chi connectivity index (χ1n) is 9.21. The Labute approximate surface area is 166 Å². The van der Waals surface area contributed by atoms with Crippen LogP contribution in [0.5, 0.6) is 0 Å². The summed E-state index contributed by atoms with van der Waals surface area (Å²) in [5.41, 5.74) is 2.95. The van der Waals surface area contributed by atoms with Gasteiger partial charge in [0.25, 0.3) is 0 Å².